The van der Waals surface area contributed by atoms with Crippen LogP contribution in [0.2, 0.25) is 0 Å². The van der Waals surface area contributed by atoms with Crippen LogP contribution in [0.1, 0.15) is 40.5 Å². The molecule has 1 fully saturated rings. The number of hydrogen-bond donors (Lipinski definition) is 1. The first-order chi connectivity index (χ1) is 10.2. The summed E-state index contributed by atoms with van der Waals surface area (Å²) < 4.78 is 0. The van der Waals surface area contributed by atoms with E-state index in [0.29, 0.717) is 18.4 Å². The molecule has 1 saturated heterocycles. The fourth-order valence-corrected chi connectivity index (χ4v) is 2.75. The highest BCUT2D eigenvalue weighted by atomic mass is 16.2. The van der Waals surface area contributed by atoms with Crippen molar-refractivity contribution in [2.45, 2.75) is 52.6 Å². The second kappa shape index (κ2) is 8.32. The number of carbonyl (C=O) groups is 2. The second-order valence-electron chi connectivity index (χ2n) is 7.10. The van der Waals surface area contributed by atoms with Crippen LogP contribution in [0.25, 0.3) is 0 Å². The first-order valence-corrected chi connectivity index (χ1v) is 8.11. The van der Waals surface area contributed by atoms with Gasteiger partial charge in [-0.15, -0.1) is 0 Å². The molecule has 0 aromatic carbocycles. The summed E-state index contributed by atoms with van der Waals surface area (Å²) in [5.41, 5.74) is 0.932. The third-order valence-electron chi connectivity index (χ3n) is 3.95. The number of hydrogen-bond acceptors (Lipinski definition) is 3. The summed E-state index contributed by atoms with van der Waals surface area (Å²) in [5, 5.41) is 2.88. The Balaban J connectivity index is 2.73. The van der Waals surface area contributed by atoms with E-state index in [1.807, 2.05) is 32.8 Å². The molecule has 0 aromatic heterocycles. The van der Waals surface area contributed by atoms with Gasteiger partial charge in [-0.3, -0.25) is 9.59 Å². The molecule has 2 atom stereocenters. The van der Waals surface area contributed by atoms with Gasteiger partial charge in [0.25, 0.3) is 0 Å². The minimum Gasteiger partial charge on any atom is -0.341 e. The number of amides is 2. The molecule has 0 spiro atoms. The molecule has 0 saturated carbocycles. The zero-order chi connectivity index (χ0) is 16.9. The highest BCUT2D eigenvalue weighted by Gasteiger charge is 2.32. The van der Waals surface area contributed by atoms with Gasteiger partial charge < -0.3 is 15.1 Å². The molecule has 0 radical (unpaired) electrons. The lowest BCUT2D eigenvalue weighted by atomic mass is 10.0. The third-order valence-corrected chi connectivity index (χ3v) is 3.95. The highest BCUT2D eigenvalue weighted by Crippen LogP contribution is 2.16. The molecule has 1 unspecified atom stereocenters. The van der Waals surface area contributed by atoms with Crippen LogP contribution in [0, 0.1) is 5.92 Å². The lowest BCUT2D eigenvalue weighted by Crippen LogP contribution is -2.48. The Morgan fingerprint density at radius 3 is 2.41 bits per heavy atom. The summed E-state index contributed by atoms with van der Waals surface area (Å²) in [6.45, 7) is 9.41. The monoisotopic (exact) mass is 309 g/mol. The van der Waals surface area contributed by atoms with Gasteiger partial charge >= 0.3 is 0 Å². The average molecular weight is 309 g/mol. The summed E-state index contributed by atoms with van der Waals surface area (Å²) >= 11 is 0. The van der Waals surface area contributed by atoms with Crippen molar-refractivity contribution in [3.63, 3.8) is 0 Å². The Kier molecular flexibility index (Phi) is 7.07. The molecule has 22 heavy (non-hydrogen) atoms. The van der Waals surface area contributed by atoms with Crippen LogP contribution in [0.5, 0.6) is 0 Å². The van der Waals surface area contributed by atoms with Gasteiger partial charge in [0.1, 0.15) is 6.04 Å². The van der Waals surface area contributed by atoms with Crippen molar-refractivity contribution in [1.82, 2.24) is 15.1 Å². The molecule has 5 heteroatoms. The summed E-state index contributed by atoms with van der Waals surface area (Å²) in [6.07, 6.45) is 3.21. The molecule has 2 amide bonds. The predicted molar refractivity (Wildman–Crippen MR) is 89.5 cm³/mol. The van der Waals surface area contributed by atoms with E-state index in [1.165, 1.54) is 0 Å². The van der Waals surface area contributed by atoms with E-state index in [4.69, 9.17) is 0 Å². The lowest BCUT2D eigenvalue weighted by molar-refractivity contribution is -0.135. The summed E-state index contributed by atoms with van der Waals surface area (Å²) in [6, 6.07) is -0.0128. The number of nitrogens with zero attached hydrogens (tertiary/aromatic N) is 2. The van der Waals surface area contributed by atoms with Crippen molar-refractivity contribution in [3.05, 3.63) is 11.6 Å². The topological polar surface area (TPSA) is 52.7 Å². The van der Waals surface area contributed by atoms with Crippen molar-refractivity contribution in [2.24, 2.45) is 5.92 Å². The van der Waals surface area contributed by atoms with Gasteiger partial charge in [-0.1, -0.05) is 19.4 Å². The van der Waals surface area contributed by atoms with E-state index in [1.54, 1.807) is 6.08 Å². The largest absolute Gasteiger partial charge is 0.341 e. The molecular formula is C17H31N3O2. The van der Waals surface area contributed by atoms with Gasteiger partial charge in [0.15, 0.2) is 0 Å². The van der Waals surface area contributed by atoms with Crippen molar-refractivity contribution >= 4 is 11.8 Å². The van der Waals surface area contributed by atoms with Crippen molar-refractivity contribution in [1.29, 1.82) is 0 Å². The van der Waals surface area contributed by atoms with Gasteiger partial charge in [0.2, 0.25) is 11.8 Å². The minimum atomic E-state index is -0.427. The van der Waals surface area contributed by atoms with Gasteiger partial charge in [0.05, 0.1) is 0 Å². The quantitative estimate of drug-likeness (QED) is 0.759. The van der Waals surface area contributed by atoms with E-state index < -0.39 is 6.04 Å². The Morgan fingerprint density at radius 1 is 1.32 bits per heavy atom. The van der Waals surface area contributed by atoms with Crippen LogP contribution in [-0.4, -0.2) is 60.9 Å². The van der Waals surface area contributed by atoms with Crippen molar-refractivity contribution in [3.8, 4) is 0 Å². The van der Waals surface area contributed by atoms with Gasteiger partial charge in [-0.2, -0.15) is 0 Å². The Morgan fingerprint density at radius 2 is 1.95 bits per heavy atom. The number of likely N-dealkylation sites (tertiary alicyclic amines) is 1. The van der Waals surface area contributed by atoms with Crippen LogP contribution in [-0.2, 0) is 9.59 Å². The maximum Gasteiger partial charge on any atom is 0.245 e. The highest BCUT2D eigenvalue weighted by molar-refractivity contribution is 5.93. The minimum absolute atomic E-state index is 0.0496. The Bertz CT molecular complexity index is 426. The molecule has 0 bridgehead atoms. The van der Waals surface area contributed by atoms with E-state index in [0.717, 1.165) is 25.1 Å². The molecule has 0 aromatic rings. The maximum atomic E-state index is 12.7. The molecule has 0 aliphatic carbocycles. The van der Waals surface area contributed by atoms with Gasteiger partial charge in [0, 0.05) is 25.2 Å². The van der Waals surface area contributed by atoms with E-state index >= 15 is 0 Å². The van der Waals surface area contributed by atoms with Crippen molar-refractivity contribution < 1.29 is 9.59 Å². The first kappa shape index (κ1) is 18.7. The van der Waals surface area contributed by atoms with Crippen LogP contribution in [0.3, 0.4) is 0 Å². The number of carbonyl (C=O) groups excluding carboxylic acids is 2. The van der Waals surface area contributed by atoms with E-state index in [2.05, 4.69) is 24.1 Å². The molecule has 1 rings (SSSR count). The van der Waals surface area contributed by atoms with E-state index in [9.17, 15) is 9.59 Å². The SMILES string of the molecule is CC(C)=CC(=O)N[C@@H](CC(C)C)C(=O)N1CCC(N(C)C)C1. The lowest BCUT2D eigenvalue weighted by Gasteiger charge is -2.26. The van der Waals surface area contributed by atoms with E-state index in [-0.39, 0.29) is 11.8 Å². The zero-order valence-corrected chi connectivity index (χ0v) is 14.8. The molecule has 1 heterocycles. The third kappa shape index (κ3) is 5.79. The number of allylic oxidation sites excluding steroid dienone is 1. The number of likely N-dealkylation sites (N-methyl/N-ethyl adjacent to an activating group) is 1. The van der Waals surface area contributed by atoms with Crippen LogP contribution >= 0.6 is 0 Å². The normalized spacial score (nSPS) is 19.5. The summed E-state index contributed by atoms with van der Waals surface area (Å²) in [4.78, 5) is 28.8. The fourth-order valence-electron chi connectivity index (χ4n) is 2.75. The smallest absolute Gasteiger partial charge is 0.245 e. The second-order valence-corrected chi connectivity index (χ2v) is 7.10. The molecule has 126 valence electrons. The van der Waals surface area contributed by atoms with Crippen LogP contribution in [0.4, 0.5) is 0 Å². The Labute approximate surface area is 134 Å². The average Bonchev–Trinajstić information content (AvgIpc) is 2.85. The summed E-state index contributed by atoms with van der Waals surface area (Å²) in [7, 11) is 4.08. The van der Waals surface area contributed by atoms with Gasteiger partial charge in [-0.05, 0) is 46.7 Å². The van der Waals surface area contributed by atoms with Crippen LogP contribution < -0.4 is 5.32 Å². The molecule has 1 aliphatic heterocycles. The Hall–Kier alpha value is -1.36. The predicted octanol–water partition coefficient (Wildman–Crippen LogP) is 1.65. The maximum absolute atomic E-state index is 12.7. The molecule has 1 aliphatic rings. The number of rotatable bonds is 6. The van der Waals surface area contributed by atoms with Crippen LogP contribution in [0.15, 0.2) is 11.6 Å². The molecule has 5 nitrogen and oxygen atoms in total. The standard InChI is InChI=1S/C17H31N3O2/c1-12(2)9-15(18-16(21)10-13(3)4)17(22)20-8-7-14(11-20)19(5)6/h10,12,14-15H,7-9,11H2,1-6H3,(H,18,21)/t14?,15-/m0/s1. The zero-order valence-electron chi connectivity index (χ0n) is 14.8. The molecule has 1 N–H and O–H groups in total. The fraction of sp³-hybridized carbons (Fsp3) is 0.765. The molecular weight excluding hydrogens is 278 g/mol. The van der Waals surface area contributed by atoms with Gasteiger partial charge in [-0.25, -0.2) is 0 Å². The van der Waals surface area contributed by atoms with Crippen molar-refractivity contribution in [2.75, 3.05) is 27.2 Å². The summed E-state index contributed by atoms with van der Waals surface area (Å²) in [5.74, 6) is 0.226. The first-order valence-electron chi connectivity index (χ1n) is 8.11. The number of nitrogens with one attached hydrogen (secondary N) is 1.